The summed E-state index contributed by atoms with van der Waals surface area (Å²) in [5.74, 6) is 1.75. The molecular weight excluding hydrogens is 210 g/mol. The van der Waals surface area contributed by atoms with Crippen molar-refractivity contribution in [2.75, 3.05) is 18.0 Å². The van der Waals surface area contributed by atoms with Crippen LogP contribution in [-0.2, 0) is 0 Å². The Kier molecular flexibility index (Phi) is 3.63. The average Bonchev–Trinajstić information content (AvgIpc) is 2.38. The third kappa shape index (κ3) is 2.76. The minimum absolute atomic E-state index is 0.714. The largest absolute Gasteiger partial charge is 0.356 e. The first-order valence-corrected chi connectivity index (χ1v) is 6.36. The van der Waals surface area contributed by atoms with Crippen LogP contribution >= 0.6 is 0 Å². The van der Waals surface area contributed by atoms with E-state index in [2.05, 4.69) is 22.9 Å². The van der Waals surface area contributed by atoms with Crippen LogP contribution in [0.4, 0.5) is 5.82 Å². The standard InChI is InChI=1S/C14H19N3/c1-3-12-5-4-6-17(10-12)14-8-13(9-15)7-11(2)16-14/h7-8,12H,3-6,10H2,1-2H3. The van der Waals surface area contributed by atoms with Gasteiger partial charge in [0.25, 0.3) is 0 Å². The van der Waals surface area contributed by atoms with Crippen molar-refractivity contribution >= 4 is 5.82 Å². The first-order valence-electron chi connectivity index (χ1n) is 6.36. The number of piperidine rings is 1. The molecule has 0 aromatic carbocycles. The fraction of sp³-hybridized carbons (Fsp3) is 0.571. The Bertz CT molecular complexity index is 434. The van der Waals surface area contributed by atoms with Crippen LogP contribution in [0.25, 0.3) is 0 Å². The molecule has 1 unspecified atom stereocenters. The zero-order valence-electron chi connectivity index (χ0n) is 10.6. The molecular formula is C14H19N3. The van der Waals surface area contributed by atoms with Crippen LogP contribution in [0.2, 0.25) is 0 Å². The number of hydrogen-bond donors (Lipinski definition) is 0. The van der Waals surface area contributed by atoms with E-state index in [9.17, 15) is 0 Å². The van der Waals surface area contributed by atoms with Gasteiger partial charge in [0.05, 0.1) is 11.6 Å². The highest BCUT2D eigenvalue weighted by molar-refractivity contribution is 5.46. The second-order valence-corrected chi connectivity index (χ2v) is 4.83. The van der Waals surface area contributed by atoms with E-state index >= 15 is 0 Å². The molecule has 2 heterocycles. The van der Waals surface area contributed by atoms with Crippen LogP contribution in [0.5, 0.6) is 0 Å². The molecule has 0 amide bonds. The average molecular weight is 229 g/mol. The highest BCUT2D eigenvalue weighted by Crippen LogP contribution is 2.24. The summed E-state index contributed by atoms with van der Waals surface area (Å²) in [6.07, 6.45) is 3.79. The third-order valence-electron chi connectivity index (χ3n) is 3.49. The minimum atomic E-state index is 0.714. The summed E-state index contributed by atoms with van der Waals surface area (Å²) in [7, 11) is 0. The molecule has 3 heteroatoms. The molecule has 0 aliphatic carbocycles. The van der Waals surface area contributed by atoms with Crippen molar-refractivity contribution in [1.29, 1.82) is 5.26 Å². The number of aryl methyl sites for hydroxylation is 1. The highest BCUT2D eigenvalue weighted by atomic mass is 15.2. The molecule has 1 aromatic rings. The lowest BCUT2D eigenvalue weighted by Crippen LogP contribution is -2.35. The molecule has 3 nitrogen and oxygen atoms in total. The summed E-state index contributed by atoms with van der Waals surface area (Å²) in [6, 6.07) is 5.95. The molecule has 2 rings (SSSR count). The number of rotatable bonds is 2. The van der Waals surface area contributed by atoms with Gasteiger partial charge >= 0.3 is 0 Å². The molecule has 1 aliphatic rings. The summed E-state index contributed by atoms with van der Waals surface area (Å²) in [4.78, 5) is 6.87. The third-order valence-corrected chi connectivity index (χ3v) is 3.49. The van der Waals surface area contributed by atoms with Crippen molar-refractivity contribution in [2.24, 2.45) is 5.92 Å². The van der Waals surface area contributed by atoms with Gasteiger partial charge in [-0.15, -0.1) is 0 Å². The monoisotopic (exact) mass is 229 g/mol. The summed E-state index contributed by atoms with van der Waals surface area (Å²) in [5.41, 5.74) is 1.64. The molecule has 1 fully saturated rings. The van der Waals surface area contributed by atoms with Gasteiger partial charge in [-0.05, 0) is 37.8 Å². The van der Waals surface area contributed by atoms with Crippen molar-refractivity contribution in [3.8, 4) is 6.07 Å². The van der Waals surface area contributed by atoms with Gasteiger partial charge in [0.15, 0.2) is 0 Å². The molecule has 1 aromatic heterocycles. The van der Waals surface area contributed by atoms with Gasteiger partial charge in [-0.25, -0.2) is 4.98 Å². The normalized spacial score (nSPS) is 20.1. The van der Waals surface area contributed by atoms with Gasteiger partial charge in [0, 0.05) is 18.8 Å². The van der Waals surface area contributed by atoms with Crippen LogP contribution in [0.1, 0.15) is 37.4 Å². The van der Waals surface area contributed by atoms with Crippen molar-refractivity contribution in [3.63, 3.8) is 0 Å². The topological polar surface area (TPSA) is 39.9 Å². The van der Waals surface area contributed by atoms with Crippen molar-refractivity contribution in [2.45, 2.75) is 33.1 Å². The van der Waals surface area contributed by atoms with Gasteiger partial charge in [-0.2, -0.15) is 5.26 Å². The van der Waals surface area contributed by atoms with E-state index in [-0.39, 0.29) is 0 Å². The molecule has 1 aliphatic heterocycles. The lowest BCUT2D eigenvalue weighted by molar-refractivity contribution is 0.403. The van der Waals surface area contributed by atoms with E-state index in [0.29, 0.717) is 5.56 Å². The van der Waals surface area contributed by atoms with Crippen molar-refractivity contribution in [3.05, 3.63) is 23.4 Å². The Morgan fingerprint density at radius 3 is 3.06 bits per heavy atom. The quantitative estimate of drug-likeness (QED) is 0.783. The molecule has 1 saturated heterocycles. The summed E-state index contributed by atoms with van der Waals surface area (Å²) in [5, 5.41) is 8.99. The fourth-order valence-corrected chi connectivity index (χ4v) is 2.48. The Balaban J connectivity index is 2.21. The Labute approximate surface area is 103 Å². The predicted octanol–water partition coefficient (Wildman–Crippen LogP) is 2.89. The maximum Gasteiger partial charge on any atom is 0.130 e. The van der Waals surface area contributed by atoms with Crippen LogP contribution < -0.4 is 4.90 Å². The van der Waals surface area contributed by atoms with E-state index in [1.54, 1.807) is 0 Å². The first kappa shape index (κ1) is 11.9. The lowest BCUT2D eigenvalue weighted by Gasteiger charge is -2.33. The number of hydrogen-bond acceptors (Lipinski definition) is 3. The van der Waals surface area contributed by atoms with Gasteiger partial charge in [0.2, 0.25) is 0 Å². The van der Waals surface area contributed by atoms with E-state index in [1.165, 1.54) is 19.3 Å². The Morgan fingerprint density at radius 2 is 2.35 bits per heavy atom. The highest BCUT2D eigenvalue weighted by Gasteiger charge is 2.19. The molecule has 17 heavy (non-hydrogen) atoms. The van der Waals surface area contributed by atoms with Gasteiger partial charge in [-0.1, -0.05) is 13.3 Å². The molecule has 0 bridgehead atoms. The summed E-state index contributed by atoms with van der Waals surface area (Å²) < 4.78 is 0. The zero-order valence-corrected chi connectivity index (χ0v) is 10.6. The number of pyridine rings is 1. The molecule has 0 spiro atoms. The van der Waals surface area contributed by atoms with E-state index in [0.717, 1.165) is 30.5 Å². The molecule has 0 saturated carbocycles. The van der Waals surface area contributed by atoms with Crippen LogP contribution in [0.3, 0.4) is 0 Å². The lowest BCUT2D eigenvalue weighted by atomic mass is 9.95. The number of nitrogens with zero attached hydrogens (tertiary/aromatic N) is 3. The first-order chi connectivity index (χ1) is 8.22. The predicted molar refractivity (Wildman–Crippen MR) is 68.9 cm³/mol. The molecule has 0 radical (unpaired) electrons. The molecule has 0 N–H and O–H groups in total. The summed E-state index contributed by atoms with van der Waals surface area (Å²) >= 11 is 0. The number of aromatic nitrogens is 1. The van der Waals surface area contributed by atoms with Crippen molar-refractivity contribution < 1.29 is 0 Å². The maximum atomic E-state index is 8.99. The Morgan fingerprint density at radius 1 is 1.53 bits per heavy atom. The Hall–Kier alpha value is -1.56. The maximum absolute atomic E-state index is 8.99. The number of anilines is 1. The van der Waals surface area contributed by atoms with Crippen LogP contribution in [-0.4, -0.2) is 18.1 Å². The molecule has 90 valence electrons. The van der Waals surface area contributed by atoms with Gasteiger partial charge in [0.1, 0.15) is 5.82 Å². The smallest absolute Gasteiger partial charge is 0.130 e. The SMILES string of the molecule is CCC1CCCN(c2cc(C#N)cc(C)n2)C1. The van der Waals surface area contributed by atoms with Gasteiger partial charge in [-0.3, -0.25) is 0 Å². The second-order valence-electron chi connectivity index (χ2n) is 4.83. The minimum Gasteiger partial charge on any atom is -0.356 e. The fourth-order valence-electron chi connectivity index (χ4n) is 2.48. The van der Waals surface area contributed by atoms with Crippen LogP contribution in [0.15, 0.2) is 12.1 Å². The van der Waals surface area contributed by atoms with E-state index in [1.807, 2.05) is 19.1 Å². The number of nitriles is 1. The van der Waals surface area contributed by atoms with E-state index in [4.69, 9.17) is 5.26 Å². The van der Waals surface area contributed by atoms with E-state index < -0.39 is 0 Å². The zero-order chi connectivity index (χ0) is 12.3. The summed E-state index contributed by atoms with van der Waals surface area (Å²) in [6.45, 7) is 6.35. The van der Waals surface area contributed by atoms with Crippen LogP contribution in [0, 0.1) is 24.2 Å². The van der Waals surface area contributed by atoms with Gasteiger partial charge < -0.3 is 4.90 Å². The second kappa shape index (κ2) is 5.18. The molecule has 1 atom stereocenters. The van der Waals surface area contributed by atoms with Crippen molar-refractivity contribution in [1.82, 2.24) is 4.98 Å².